The largest absolute Gasteiger partial charge is 0.362 e. The molecule has 0 unspecified atom stereocenters. The molecule has 2 N–H and O–H groups in total. The van der Waals surface area contributed by atoms with E-state index in [0.717, 1.165) is 60.9 Å². The van der Waals surface area contributed by atoms with Crippen molar-refractivity contribution in [2.24, 2.45) is 5.92 Å². The molecule has 1 aromatic heterocycles. The van der Waals surface area contributed by atoms with Gasteiger partial charge in [0.05, 0.1) is 15.6 Å². The van der Waals surface area contributed by atoms with Crippen LogP contribution in [0.3, 0.4) is 0 Å². The molecule has 1 aliphatic carbocycles. The molecule has 0 bridgehead atoms. The predicted molar refractivity (Wildman–Crippen MR) is 136 cm³/mol. The van der Waals surface area contributed by atoms with E-state index in [2.05, 4.69) is 27.7 Å². The Kier molecular flexibility index (Phi) is 7.71. The maximum Gasteiger partial charge on any atom is 0.225 e. The number of rotatable bonds is 8. The zero-order valence-electron chi connectivity index (χ0n) is 18.7. The van der Waals surface area contributed by atoms with Crippen LogP contribution in [-0.2, 0) is 6.42 Å². The number of hydrogen-bond donors (Lipinski definition) is 2. The molecule has 32 heavy (non-hydrogen) atoms. The van der Waals surface area contributed by atoms with Crippen molar-refractivity contribution in [1.29, 1.82) is 0 Å². The van der Waals surface area contributed by atoms with E-state index in [4.69, 9.17) is 33.2 Å². The molecular formula is C25H31Cl2N5. The normalized spacial score (nSPS) is 18.6. The molecule has 0 atom stereocenters. The summed E-state index contributed by atoms with van der Waals surface area (Å²) in [5.74, 6) is 2.41. The topological polar surface area (TPSA) is 53.1 Å². The number of para-hydroxylation sites is 1. The number of nitrogens with one attached hydrogen (secondary N) is 2. The molecule has 0 saturated heterocycles. The highest BCUT2D eigenvalue weighted by Crippen LogP contribution is 2.28. The van der Waals surface area contributed by atoms with Gasteiger partial charge in [-0.05, 0) is 80.9 Å². The molecule has 3 aromatic rings. The molecule has 0 amide bonds. The van der Waals surface area contributed by atoms with Crippen LogP contribution in [0.25, 0.3) is 10.9 Å². The summed E-state index contributed by atoms with van der Waals surface area (Å²) in [6.45, 7) is 2.01. The SMILES string of the molecule is CN(C)c1nc(NC2CCC(CNCCc3ccc(Cl)c(Cl)c3)CC2)nc2ccccc12. The summed E-state index contributed by atoms with van der Waals surface area (Å²) in [6, 6.07) is 14.5. The minimum absolute atomic E-state index is 0.429. The van der Waals surface area contributed by atoms with E-state index in [1.165, 1.54) is 18.4 Å². The van der Waals surface area contributed by atoms with Gasteiger partial charge in [0.1, 0.15) is 5.82 Å². The summed E-state index contributed by atoms with van der Waals surface area (Å²) in [5.41, 5.74) is 2.20. The molecule has 1 saturated carbocycles. The molecular weight excluding hydrogens is 441 g/mol. The maximum absolute atomic E-state index is 6.10. The monoisotopic (exact) mass is 471 g/mol. The molecule has 1 aliphatic rings. The highest BCUT2D eigenvalue weighted by Gasteiger charge is 2.22. The van der Waals surface area contributed by atoms with Crippen LogP contribution in [0.2, 0.25) is 10.0 Å². The van der Waals surface area contributed by atoms with Crippen molar-refractivity contribution in [1.82, 2.24) is 15.3 Å². The summed E-state index contributed by atoms with van der Waals surface area (Å²) in [5, 5.41) is 9.53. The van der Waals surface area contributed by atoms with Crippen molar-refractivity contribution in [3.8, 4) is 0 Å². The van der Waals surface area contributed by atoms with Crippen LogP contribution in [-0.4, -0.2) is 43.2 Å². The first-order chi connectivity index (χ1) is 15.5. The predicted octanol–water partition coefficient (Wildman–Crippen LogP) is 5.81. The molecule has 5 nitrogen and oxygen atoms in total. The fourth-order valence-electron chi connectivity index (χ4n) is 4.39. The quantitative estimate of drug-likeness (QED) is 0.406. The Morgan fingerprint density at radius 3 is 2.50 bits per heavy atom. The third kappa shape index (κ3) is 5.83. The van der Waals surface area contributed by atoms with Crippen molar-refractivity contribution in [3.63, 3.8) is 0 Å². The highest BCUT2D eigenvalue weighted by molar-refractivity contribution is 6.42. The Bertz CT molecular complexity index is 1050. The second-order valence-electron chi connectivity index (χ2n) is 8.85. The summed E-state index contributed by atoms with van der Waals surface area (Å²) >= 11 is 12.1. The van der Waals surface area contributed by atoms with Crippen LogP contribution in [0.1, 0.15) is 31.2 Å². The zero-order valence-corrected chi connectivity index (χ0v) is 20.3. The van der Waals surface area contributed by atoms with Gasteiger partial charge in [0, 0.05) is 25.5 Å². The van der Waals surface area contributed by atoms with Crippen molar-refractivity contribution >= 4 is 45.9 Å². The summed E-state index contributed by atoms with van der Waals surface area (Å²) in [7, 11) is 4.05. The van der Waals surface area contributed by atoms with Gasteiger partial charge in [-0.1, -0.05) is 41.4 Å². The average molecular weight is 472 g/mol. The van der Waals surface area contributed by atoms with E-state index in [1.807, 2.05) is 44.4 Å². The molecule has 0 spiro atoms. The van der Waals surface area contributed by atoms with Gasteiger partial charge in [-0.3, -0.25) is 0 Å². The summed E-state index contributed by atoms with van der Waals surface area (Å²) < 4.78 is 0. The van der Waals surface area contributed by atoms with E-state index in [1.54, 1.807) is 0 Å². The fraction of sp³-hybridized carbons (Fsp3) is 0.440. The number of nitrogens with zero attached hydrogens (tertiary/aromatic N) is 3. The molecule has 170 valence electrons. The van der Waals surface area contributed by atoms with Gasteiger partial charge in [0.2, 0.25) is 5.95 Å². The van der Waals surface area contributed by atoms with Gasteiger partial charge < -0.3 is 15.5 Å². The van der Waals surface area contributed by atoms with Crippen LogP contribution in [0.15, 0.2) is 42.5 Å². The van der Waals surface area contributed by atoms with E-state index in [0.29, 0.717) is 16.1 Å². The molecule has 2 aromatic carbocycles. The maximum atomic E-state index is 6.10. The van der Waals surface area contributed by atoms with E-state index >= 15 is 0 Å². The van der Waals surface area contributed by atoms with Crippen LogP contribution in [0.4, 0.5) is 11.8 Å². The minimum Gasteiger partial charge on any atom is -0.362 e. The van der Waals surface area contributed by atoms with Crippen molar-refractivity contribution in [3.05, 3.63) is 58.1 Å². The average Bonchev–Trinajstić information content (AvgIpc) is 2.79. The Hall–Kier alpha value is -2.08. The standard InChI is InChI=1S/C25H31Cl2N5/c1-32(2)24-20-5-3-4-6-23(20)30-25(31-24)29-19-10-7-18(8-11-19)16-28-14-13-17-9-12-21(26)22(27)15-17/h3-6,9,12,15,18-19,28H,7-8,10-11,13-14,16H2,1-2H3,(H,29,30,31). The first-order valence-corrected chi connectivity index (χ1v) is 12.1. The first-order valence-electron chi connectivity index (χ1n) is 11.3. The lowest BCUT2D eigenvalue weighted by molar-refractivity contribution is 0.325. The van der Waals surface area contributed by atoms with Gasteiger partial charge in [0.25, 0.3) is 0 Å². The van der Waals surface area contributed by atoms with Crippen LogP contribution < -0.4 is 15.5 Å². The third-order valence-electron chi connectivity index (χ3n) is 6.19. The lowest BCUT2D eigenvalue weighted by Crippen LogP contribution is -2.32. The van der Waals surface area contributed by atoms with E-state index < -0.39 is 0 Å². The molecule has 7 heteroatoms. The molecule has 0 radical (unpaired) electrons. The number of halogens is 2. The number of fused-ring (bicyclic) bond motifs is 1. The van der Waals surface area contributed by atoms with Gasteiger partial charge in [-0.2, -0.15) is 4.98 Å². The van der Waals surface area contributed by atoms with E-state index in [9.17, 15) is 0 Å². The number of hydrogen-bond acceptors (Lipinski definition) is 5. The second-order valence-corrected chi connectivity index (χ2v) is 9.66. The summed E-state index contributed by atoms with van der Waals surface area (Å²) in [6.07, 6.45) is 5.68. The molecule has 4 rings (SSSR count). The van der Waals surface area contributed by atoms with Gasteiger partial charge >= 0.3 is 0 Å². The fourth-order valence-corrected chi connectivity index (χ4v) is 4.71. The van der Waals surface area contributed by atoms with Gasteiger partial charge in [0.15, 0.2) is 0 Å². The Morgan fingerprint density at radius 1 is 0.969 bits per heavy atom. The summed E-state index contributed by atoms with van der Waals surface area (Å²) in [4.78, 5) is 11.6. The van der Waals surface area contributed by atoms with Crippen LogP contribution in [0.5, 0.6) is 0 Å². The minimum atomic E-state index is 0.429. The lowest BCUT2D eigenvalue weighted by Gasteiger charge is -2.29. The smallest absolute Gasteiger partial charge is 0.225 e. The van der Waals surface area contributed by atoms with Gasteiger partial charge in [-0.25, -0.2) is 4.98 Å². The van der Waals surface area contributed by atoms with Gasteiger partial charge in [-0.15, -0.1) is 0 Å². The number of benzene rings is 2. The Balaban J connectivity index is 1.24. The first kappa shape index (κ1) is 23.1. The number of anilines is 2. The van der Waals surface area contributed by atoms with Crippen LogP contribution >= 0.6 is 23.2 Å². The molecule has 0 aliphatic heterocycles. The molecule has 1 fully saturated rings. The third-order valence-corrected chi connectivity index (χ3v) is 6.93. The Labute approximate surface area is 200 Å². The molecule has 1 heterocycles. The van der Waals surface area contributed by atoms with Crippen molar-refractivity contribution in [2.75, 3.05) is 37.4 Å². The zero-order chi connectivity index (χ0) is 22.5. The van der Waals surface area contributed by atoms with Crippen molar-refractivity contribution in [2.45, 2.75) is 38.1 Å². The number of aromatic nitrogens is 2. The van der Waals surface area contributed by atoms with E-state index in [-0.39, 0.29) is 0 Å². The highest BCUT2D eigenvalue weighted by atomic mass is 35.5. The van der Waals surface area contributed by atoms with Crippen LogP contribution in [0, 0.1) is 5.92 Å². The Morgan fingerprint density at radius 2 is 1.75 bits per heavy atom. The second kappa shape index (κ2) is 10.7. The van der Waals surface area contributed by atoms with Crippen molar-refractivity contribution < 1.29 is 0 Å². The lowest BCUT2D eigenvalue weighted by atomic mass is 9.86.